The van der Waals surface area contributed by atoms with Crippen LogP contribution in [0.2, 0.25) is 0 Å². The molecule has 2 fully saturated rings. The van der Waals surface area contributed by atoms with E-state index in [1.54, 1.807) is 40.5 Å². The van der Waals surface area contributed by atoms with E-state index in [1.807, 2.05) is 16.8 Å². The number of hydrogen-bond donors (Lipinski definition) is 0. The number of aromatic nitrogens is 2. The van der Waals surface area contributed by atoms with Crippen molar-refractivity contribution in [1.29, 1.82) is 0 Å². The van der Waals surface area contributed by atoms with Crippen LogP contribution in [0, 0.1) is 0 Å². The van der Waals surface area contributed by atoms with Crippen molar-refractivity contribution in [3.8, 4) is 11.5 Å². The minimum absolute atomic E-state index is 0.0126. The van der Waals surface area contributed by atoms with Gasteiger partial charge in [-0.3, -0.25) is 4.79 Å². The molecule has 1 amide bonds. The third-order valence-electron chi connectivity index (χ3n) is 6.32. The first-order valence-corrected chi connectivity index (χ1v) is 13.7. The molecule has 33 heavy (non-hydrogen) atoms. The number of rotatable bonds is 5. The number of carbonyl (C=O) groups excluding carboxylic acids is 1. The fourth-order valence-electron chi connectivity index (χ4n) is 4.47. The molecule has 0 bridgehead atoms. The molecule has 0 N–H and O–H groups in total. The highest BCUT2D eigenvalue weighted by atomic mass is 32.2. The van der Waals surface area contributed by atoms with Gasteiger partial charge in [-0.05, 0) is 61.4 Å². The predicted octanol–water partition coefficient (Wildman–Crippen LogP) is 3.99. The Labute approximate surface area is 197 Å². The van der Waals surface area contributed by atoms with Crippen molar-refractivity contribution in [1.82, 2.24) is 19.4 Å². The first kappa shape index (κ1) is 22.2. The summed E-state index contributed by atoms with van der Waals surface area (Å²) in [4.78, 5) is 15.2. The molecule has 1 aromatic carbocycles. The van der Waals surface area contributed by atoms with Gasteiger partial charge in [0.25, 0.3) is 5.91 Å². The van der Waals surface area contributed by atoms with Gasteiger partial charge < -0.3 is 9.32 Å². The molecule has 10 heteroatoms. The maximum atomic E-state index is 13.1. The van der Waals surface area contributed by atoms with Crippen molar-refractivity contribution in [2.75, 3.05) is 26.2 Å². The van der Waals surface area contributed by atoms with Crippen LogP contribution >= 0.6 is 11.3 Å². The summed E-state index contributed by atoms with van der Waals surface area (Å²) in [5.74, 6) is 0.928. The molecule has 2 aromatic heterocycles. The Hall–Kier alpha value is -2.56. The minimum Gasteiger partial charge on any atom is -0.420 e. The van der Waals surface area contributed by atoms with Crippen LogP contribution in [0.4, 0.5) is 0 Å². The van der Waals surface area contributed by atoms with Gasteiger partial charge in [0, 0.05) is 42.7 Å². The van der Waals surface area contributed by atoms with E-state index in [0.717, 1.165) is 37.7 Å². The van der Waals surface area contributed by atoms with Gasteiger partial charge in [0.15, 0.2) is 0 Å². The molecule has 4 heterocycles. The Morgan fingerprint density at radius 2 is 1.79 bits per heavy atom. The normalized spacial score (nSPS) is 20.1. The van der Waals surface area contributed by atoms with Gasteiger partial charge in [-0.2, -0.15) is 15.6 Å². The number of amides is 1. The van der Waals surface area contributed by atoms with E-state index < -0.39 is 10.0 Å². The summed E-state index contributed by atoms with van der Waals surface area (Å²) in [6.45, 7) is 2.26. The van der Waals surface area contributed by atoms with E-state index in [1.165, 1.54) is 4.31 Å². The van der Waals surface area contributed by atoms with Crippen LogP contribution in [-0.4, -0.2) is 59.9 Å². The Morgan fingerprint density at radius 1 is 1.00 bits per heavy atom. The van der Waals surface area contributed by atoms with Gasteiger partial charge in [0.2, 0.25) is 21.8 Å². The van der Waals surface area contributed by atoms with E-state index in [4.69, 9.17) is 4.42 Å². The number of hydrogen-bond acceptors (Lipinski definition) is 7. The number of nitrogens with zero attached hydrogens (tertiary/aromatic N) is 4. The Kier molecular flexibility index (Phi) is 6.31. The summed E-state index contributed by atoms with van der Waals surface area (Å²) in [6.07, 6.45) is 4.56. The molecular weight excluding hydrogens is 460 g/mol. The molecule has 1 atom stereocenters. The van der Waals surface area contributed by atoms with Crippen molar-refractivity contribution in [3.63, 3.8) is 0 Å². The first-order valence-electron chi connectivity index (χ1n) is 11.3. The number of thiophene rings is 1. The van der Waals surface area contributed by atoms with E-state index in [-0.39, 0.29) is 16.7 Å². The molecule has 0 aliphatic carbocycles. The van der Waals surface area contributed by atoms with Crippen LogP contribution in [-0.2, 0) is 10.0 Å². The van der Waals surface area contributed by atoms with Crippen LogP contribution in [0.3, 0.4) is 0 Å². The highest BCUT2D eigenvalue weighted by molar-refractivity contribution is 7.89. The second-order valence-corrected chi connectivity index (χ2v) is 11.3. The third-order valence-corrected chi connectivity index (χ3v) is 8.92. The molecule has 8 nitrogen and oxygen atoms in total. The predicted molar refractivity (Wildman–Crippen MR) is 125 cm³/mol. The highest BCUT2D eigenvalue weighted by Crippen LogP contribution is 2.30. The number of piperidine rings is 2. The van der Waals surface area contributed by atoms with E-state index >= 15 is 0 Å². The lowest BCUT2D eigenvalue weighted by atomic mass is 9.97. The Morgan fingerprint density at radius 3 is 2.52 bits per heavy atom. The van der Waals surface area contributed by atoms with Gasteiger partial charge in [-0.15, -0.1) is 10.2 Å². The second-order valence-electron chi connectivity index (χ2n) is 8.54. The summed E-state index contributed by atoms with van der Waals surface area (Å²) >= 11 is 1.57. The van der Waals surface area contributed by atoms with Crippen LogP contribution in [0.1, 0.15) is 54.3 Å². The largest absolute Gasteiger partial charge is 0.420 e. The summed E-state index contributed by atoms with van der Waals surface area (Å²) < 4.78 is 33.2. The minimum atomic E-state index is -3.51. The molecule has 3 aromatic rings. The van der Waals surface area contributed by atoms with E-state index in [9.17, 15) is 13.2 Å². The third kappa shape index (κ3) is 4.60. The molecule has 2 saturated heterocycles. The van der Waals surface area contributed by atoms with Crippen molar-refractivity contribution in [3.05, 3.63) is 52.5 Å². The van der Waals surface area contributed by atoms with Gasteiger partial charge in [0.05, 0.1) is 10.8 Å². The number of carbonyl (C=O) groups is 1. The lowest BCUT2D eigenvalue weighted by molar-refractivity contribution is 0.0698. The zero-order valence-electron chi connectivity index (χ0n) is 18.2. The smallest absolute Gasteiger partial charge is 0.253 e. The topological polar surface area (TPSA) is 96.6 Å². The van der Waals surface area contributed by atoms with Crippen LogP contribution in [0.25, 0.3) is 11.5 Å². The molecule has 0 radical (unpaired) electrons. The van der Waals surface area contributed by atoms with Crippen molar-refractivity contribution >= 4 is 27.3 Å². The number of likely N-dealkylation sites (tertiary alicyclic amines) is 1. The van der Waals surface area contributed by atoms with Gasteiger partial charge >= 0.3 is 0 Å². The average molecular weight is 487 g/mol. The molecule has 1 unspecified atom stereocenters. The van der Waals surface area contributed by atoms with Crippen LogP contribution in [0.5, 0.6) is 0 Å². The molecule has 0 saturated carbocycles. The van der Waals surface area contributed by atoms with Crippen molar-refractivity contribution < 1.29 is 17.6 Å². The van der Waals surface area contributed by atoms with Crippen LogP contribution < -0.4 is 0 Å². The summed E-state index contributed by atoms with van der Waals surface area (Å²) in [7, 11) is -3.51. The molecule has 174 valence electrons. The van der Waals surface area contributed by atoms with Gasteiger partial charge in [-0.1, -0.05) is 6.42 Å². The lowest BCUT2D eigenvalue weighted by Crippen LogP contribution is -2.39. The SMILES string of the molecule is O=C(c1ccc(S(=O)(=O)N2CCCCC2)cc1)N1CCCC(c2nnc(-c3ccsc3)o2)C1. The summed E-state index contributed by atoms with van der Waals surface area (Å²) in [5.41, 5.74) is 1.39. The van der Waals surface area contributed by atoms with E-state index in [0.29, 0.717) is 43.5 Å². The highest BCUT2D eigenvalue weighted by Gasteiger charge is 2.30. The average Bonchev–Trinajstić information content (AvgIpc) is 3.57. The van der Waals surface area contributed by atoms with Crippen molar-refractivity contribution in [2.45, 2.75) is 42.9 Å². The fraction of sp³-hybridized carbons (Fsp3) is 0.435. The summed E-state index contributed by atoms with van der Waals surface area (Å²) in [5, 5.41) is 12.3. The second kappa shape index (κ2) is 9.36. The Balaban J connectivity index is 1.27. The fourth-order valence-corrected chi connectivity index (χ4v) is 6.62. The maximum absolute atomic E-state index is 13.1. The van der Waals surface area contributed by atoms with Gasteiger partial charge in [-0.25, -0.2) is 8.42 Å². The molecule has 0 spiro atoms. The standard InChI is InChI=1S/C23H26N4O4S2/c28-23(17-6-8-20(9-7-17)33(29,30)27-12-2-1-3-13-27)26-11-4-5-18(15-26)21-24-25-22(31-21)19-10-14-32-16-19/h6-10,14,16,18H,1-5,11-13,15H2. The summed E-state index contributed by atoms with van der Waals surface area (Å²) in [6, 6.07) is 8.26. The quantitative estimate of drug-likeness (QED) is 0.541. The molecule has 2 aliphatic heterocycles. The number of sulfonamides is 1. The van der Waals surface area contributed by atoms with E-state index in [2.05, 4.69) is 10.2 Å². The maximum Gasteiger partial charge on any atom is 0.253 e. The molecular formula is C23H26N4O4S2. The molecule has 5 rings (SSSR count). The lowest BCUT2D eigenvalue weighted by Gasteiger charge is -2.31. The van der Waals surface area contributed by atoms with Crippen LogP contribution in [0.15, 0.2) is 50.4 Å². The zero-order valence-corrected chi connectivity index (χ0v) is 19.9. The first-order chi connectivity index (χ1) is 16.0. The monoisotopic (exact) mass is 486 g/mol. The van der Waals surface area contributed by atoms with Crippen molar-refractivity contribution in [2.24, 2.45) is 0 Å². The Bertz CT molecular complexity index is 1200. The molecule has 2 aliphatic rings. The van der Waals surface area contributed by atoms with Gasteiger partial charge in [0.1, 0.15) is 0 Å². The number of benzene rings is 1. The zero-order chi connectivity index (χ0) is 22.8.